The van der Waals surface area contributed by atoms with Crippen LogP contribution in [0.1, 0.15) is 43.0 Å². The number of methoxy groups -OCH3 is 1. The van der Waals surface area contributed by atoms with Gasteiger partial charge < -0.3 is 24.3 Å². The van der Waals surface area contributed by atoms with Crippen LogP contribution in [0.4, 0.5) is 4.79 Å². The summed E-state index contributed by atoms with van der Waals surface area (Å²) in [6.45, 7) is 2.13. The summed E-state index contributed by atoms with van der Waals surface area (Å²) in [5, 5.41) is 4.94. The third-order valence-corrected chi connectivity index (χ3v) is 4.64. The lowest BCUT2D eigenvalue weighted by atomic mass is 10.1. The van der Waals surface area contributed by atoms with Crippen molar-refractivity contribution in [2.75, 3.05) is 20.3 Å². The molecule has 2 aliphatic rings. The van der Waals surface area contributed by atoms with Gasteiger partial charge in [0.15, 0.2) is 17.6 Å². The van der Waals surface area contributed by atoms with E-state index in [-0.39, 0.29) is 11.6 Å². The SMILES string of the molecule is COc1cc(C(=O)O[C@H](C)C(=O)NC(=O)NC2CCCC2)cc2c1OCCO2. The van der Waals surface area contributed by atoms with Crippen molar-refractivity contribution in [2.24, 2.45) is 0 Å². The van der Waals surface area contributed by atoms with Gasteiger partial charge in [-0.15, -0.1) is 0 Å². The highest BCUT2D eigenvalue weighted by Crippen LogP contribution is 2.40. The molecule has 1 aliphatic carbocycles. The molecule has 0 aromatic heterocycles. The van der Waals surface area contributed by atoms with Crippen LogP contribution in [0, 0.1) is 0 Å². The molecule has 0 bridgehead atoms. The van der Waals surface area contributed by atoms with E-state index in [1.165, 1.54) is 26.2 Å². The van der Waals surface area contributed by atoms with Crippen LogP contribution in [0.25, 0.3) is 0 Å². The summed E-state index contributed by atoms with van der Waals surface area (Å²) >= 11 is 0. The normalized spacial score (nSPS) is 16.8. The molecular weight excluding hydrogens is 368 g/mol. The average molecular weight is 392 g/mol. The molecule has 1 aromatic rings. The summed E-state index contributed by atoms with van der Waals surface area (Å²) in [7, 11) is 1.45. The van der Waals surface area contributed by atoms with Gasteiger partial charge in [-0.05, 0) is 31.9 Å². The standard InChI is InChI=1S/C19H24N2O7/c1-11(17(22)21-19(24)20-13-5-3-4-6-13)28-18(23)12-9-14(25-2)16-15(10-12)26-7-8-27-16/h9-11,13H,3-8H2,1-2H3,(H2,20,21,22,24)/t11-/m1/s1. The smallest absolute Gasteiger partial charge is 0.339 e. The number of esters is 1. The molecule has 2 N–H and O–H groups in total. The van der Waals surface area contributed by atoms with Crippen LogP contribution >= 0.6 is 0 Å². The Morgan fingerprint density at radius 3 is 2.57 bits per heavy atom. The Morgan fingerprint density at radius 1 is 1.14 bits per heavy atom. The first-order chi connectivity index (χ1) is 13.5. The first-order valence-corrected chi connectivity index (χ1v) is 9.28. The molecule has 0 saturated heterocycles. The fraction of sp³-hybridized carbons (Fsp3) is 0.526. The van der Waals surface area contributed by atoms with Crippen LogP contribution in [0.3, 0.4) is 0 Å². The van der Waals surface area contributed by atoms with Crippen molar-refractivity contribution < 1.29 is 33.3 Å². The number of carbonyl (C=O) groups excluding carboxylic acids is 3. The van der Waals surface area contributed by atoms with Crippen LogP contribution in [0.15, 0.2) is 12.1 Å². The van der Waals surface area contributed by atoms with E-state index in [0.717, 1.165) is 25.7 Å². The molecule has 1 fully saturated rings. The van der Waals surface area contributed by atoms with Gasteiger partial charge in [-0.1, -0.05) is 12.8 Å². The highest BCUT2D eigenvalue weighted by Gasteiger charge is 2.25. The maximum atomic E-state index is 12.4. The lowest BCUT2D eigenvalue weighted by molar-refractivity contribution is -0.127. The summed E-state index contributed by atoms with van der Waals surface area (Å²) in [4.78, 5) is 36.4. The number of imide groups is 1. The lowest BCUT2D eigenvalue weighted by Crippen LogP contribution is -2.47. The van der Waals surface area contributed by atoms with E-state index in [2.05, 4.69) is 10.6 Å². The molecule has 0 spiro atoms. The molecule has 152 valence electrons. The number of urea groups is 1. The monoisotopic (exact) mass is 392 g/mol. The van der Waals surface area contributed by atoms with Crippen LogP contribution in [0.2, 0.25) is 0 Å². The Labute approximate surface area is 162 Å². The van der Waals surface area contributed by atoms with E-state index in [1.807, 2.05) is 0 Å². The van der Waals surface area contributed by atoms with Gasteiger partial charge >= 0.3 is 12.0 Å². The molecule has 3 rings (SSSR count). The summed E-state index contributed by atoms with van der Waals surface area (Å²) in [5.41, 5.74) is 0.149. The zero-order valence-electron chi connectivity index (χ0n) is 15.9. The number of benzene rings is 1. The third kappa shape index (κ3) is 4.65. The number of hydrogen-bond acceptors (Lipinski definition) is 7. The summed E-state index contributed by atoms with van der Waals surface area (Å²) in [5.74, 6) is -0.329. The minimum Gasteiger partial charge on any atom is -0.493 e. The number of fused-ring (bicyclic) bond motifs is 1. The average Bonchev–Trinajstić information content (AvgIpc) is 3.19. The van der Waals surface area contributed by atoms with E-state index < -0.39 is 24.0 Å². The number of hydrogen-bond donors (Lipinski definition) is 2. The van der Waals surface area contributed by atoms with E-state index >= 15 is 0 Å². The fourth-order valence-electron chi connectivity index (χ4n) is 3.18. The van der Waals surface area contributed by atoms with Crippen LogP contribution in [-0.2, 0) is 9.53 Å². The van der Waals surface area contributed by atoms with Crippen LogP contribution < -0.4 is 24.8 Å². The van der Waals surface area contributed by atoms with Crippen molar-refractivity contribution in [1.29, 1.82) is 0 Å². The molecule has 0 unspecified atom stereocenters. The molecule has 1 aliphatic heterocycles. The molecule has 9 nitrogen and oxygen atoms in total. The van der Waals surface area contributed by atoms with Gasteiger partial charge in [-0.3, -0.25) is 10.1 Å². The number of rotatable bonds is 5. The molecular formula is C19H24N2O7. The van der Waals surface area contributed by atoms with Crippen molar-refractivity contribution in [1.82, 2.24) is 10.6 Å². The minimum atomic E-state index is -1.15. The number of nitrogens with one attached hydrogen (secondary N) is 2. The first-order valence-electron chi connectivity index (χ1n) is 9.28. The molecule has 1 atom stereocenters. The quantitative estimate of drug-likeness (QED) is 0.735. The minimum absolute atomic E-state index is 0.0795. The zero-order valence-corrected chi connectivity index (χ0v) is 15.9. The summed E-state index contributed by atoms with van der Waals surface area (Å²) in [6, 6.07) is 2.42. The molecule has 1 heterocycles. The Morgan fingerprint density at radius 2 is 1.86 bits per heavy atom. The first kappa shape index (κ1) is 19.8. The van der Waals surface area contributed by atoms with Crippen molar-refractivity contribution >= 4 is 17.9 Å². The van der Waals surface area contributed by atoms with E-state index in [0.29, 0.717) is 30.5 Å². The largest absolute Gasteiger partial charge is 0.493 e. The Hall–Kier alpha value is -2.97. The molecule has 1 aromatic carbocycles. The predicted octanol–water partition coefficient (Wildman–Crippen LogP) is 1.78. The molecule has 28 heavy (non-hydrogen) atoms. The maximum Gasteiger partial charge on any atom is 0.339 e. The van der Waals surface area contributed by atoms with Crippen LogP contribution in [0.5, 0.6) is 17.2 Å². The van der Waals surface area contributed by atoms with Gasteiger partial charge in [-0.2, -0.15) is 0 Å². The van der Waals surface area contributed by atoms with Crippen molar-refractivity contribution in [3.05, 3.63) is 17.7 Å². The van der Waals surface area contributed by atoms with E-state index in [9.17, 15) is 14.4 Å². The van der Waals surface area contributed by atoms with Crippen molar-refractivity contribution in [2.45, 2.75) is 44.8 Å². The van der Waals surface area contributed by atoms with Gasteiger partial charge in [0, 0.05) is 6.04 Å². The molecule has 1 saturated carbocycles. The van der Waals surface area contributed by atoms with Gasteiger partial charge in [0.2, 0.25) is 5.75 Å². The highest BCUT2D eigenvalue weighted by atomic mass is 16.6. The summed E-state index contributed by atoms with van der Waals surface area (Å²) < 4.78 is 21.4. The van der Waals surface area contributed by atoms with Gasteiger partial charge in [-0.25, -0.2) is 9.59 Å². The fourth-order valence-corrected chi connectivity index (χ4v) is 3.18. The van der Waals surface area contributed by atoms with Gasteiger partial charge in [0.05, 0.1) is 12.7 Å². The highest BCUT2D eigenvalue weighted by molar-refractivity contribution is 5.98. The second-order valence-electron chi connectivity index (χ2n) is 6.69. The van der Waals surface area contributed by atoms with Crippen LogP contribution in [-0.4, -0.2) is 50.4 Å². The number of ether oxygens (including phenoxy) is 4. The summed E-state index contributed by atoms with van der Waals surface area (Å²) in [6.07, 6.45) is 2.77. The number of amides is 3. The Bertz CT molecular complexity index is 742. The molecule has 3 amide bonds. The number of carbonyl (C=O) groups is 3. The second kappa shape index (κ2) is 8.81. The van der Waals surface area contributed by atoms with E-state index in [4.69, 9.17) is 18.9 Å². The topological polar surface area (TPSA) is 112 Å². The predicted molar refractivity (Wildman–Crippen MR) is 97.8 cm³/mol. The Kier molecular flexibility index (Phi) is 6.23. The van der Waals surface area contributed by atoms with Gasteiger partial charge in [0.25, 0.3) is 5.91 Å². The second-order valence-corrected chi connectivity index (χ2v) is 6.69. The lowest BCUT2D eigenvalue weighted by Gasteiger charge is -2.21. The maximum absolute atomic E-state index is 12.4. The molecule has 9 heteroatoms. The molecule has 0 radical (unpaired) electrons. The van der Waals surface area contributed by atoms with E-state index in [1.54, 1.807) is 0 Å². The van der Waals surface area contributed by atoms with Crippen molar-refractivity contribution in [3.63, 3.8) is 0 Å². The van der Waals surface area contributed by atoms with Crippen molar-refractivity contribution in [3.8, 4) is 17.2 Å². The third-order valence-electron chi connectivity index (χ3n) is 4.64. The van der Waals surface area contributed by atoms with Gasteiger partial charge in [0.1, 0.15) is 13.2 Å². The Balaban J connectivity index is 1.58. The zero-order chi connectivity index (χ0) is 20.1.